The standard InChI is InChI=1S/C15H5Cl2F6N7/c16-7-1-6(14(18,19)20)2-8(17)12(7)30-28-11(13(29-30)15(21,22)23)5-27-10(4-25)9(26)3-24/h1-2,5H,26H2/b10-9-,27-5+. The van der Waals surface area contributed by atoms with Gasteiger partial charge in [-0.3, -0.25) is 0 Å². The summed E-state index contributed by atoms with van der Waals surface area (Å²) in [5, 5.41) is 22.8. The summed E-state index contributed by atoms with van der Waals surface area (Å²) < 4.78 is 78.3. The third-order valence-electron chi connectivity index (χ3n) is 3.25. The number of allylic oxidation sites excluding steroid dienone is 2. The Balaban J connectivity index is 2.67. The average Bonchev–Trinajstić information content (AvgIpc) is 3.04. The highest BCUT2D eigenvalue weighted by Crippen LogP contribution is 2.38. The van der Waals surface area contributed by atoms with Crippen LogP contribution >= 0.6 is 23.2 Å². The Labute approximate surface area is 173 Å². The first-order valence-electron chi connectivity index (χ1n) is 7.24. The van der Waals surface area contributed by atoms with E-state index in [1.165, 1.54) is 12.1 Å². The van der Waals surface area contributed by atoms with Crippen LogP contribution < -0.4 is 5.73 Å². The lowest BCUT2D eigenvalue weighted by Gasteiger charge is -2.11. The van der Waals surface area contributed by atoms with Crippen molar-refractivity contribution in [2.24, 2.45) is 10.7 Å². The number of benzene rings is 1. The molecule has 1 aromatic heterocycles. The molecule has 2 aromatic rings. The normalized spacial score (nSPS) is 13.1. The molecule has 0 radical (unpaired) electrons. The zero-order valence-corrected chi connectivity index (χ0v) is 15.5. The summed E-state index contributed by atoms with van der Waals surface area (Å²) in [7, 11) is 0. The number of halogens is 8. The minimum Gasteiger partial charge on any atom is -0.388 e. The largest absolute Gasteiger partial charge is 0.437 e. The third kappa shape index (κ3) is 4.82. The number of nitrogens with zero attached hydrogens (tertiary/aromatic N) is 6. The lowest BCUT2D eigenvalue weighted by molar-refractivity contribution is -0.141. The fourth-order valence-electron chi connectivity index (χ4n) is 1.96. The second-order valence-corrected chi connectivity index (χ2v) is 6.07. The Bertz CT molecular complexity index is 1110. The van der Waals surface area contributed by atoms with E-state index in [1.807, 2.05) is 0 Å². The van der Waals surface area contributed by atoms with Crippen molar-refractivity contribution < 1.29 is 26.3 Å². The van der Waals surface area contributed by atoms with E-state index in [9.17, 15) is 26.3 Å². The summed E-state index contributed by atoms with van der Waals surface area (Å²) in [6.07, 6.45) is -9.41. The van der Waals surface area contributed by atoms with Crippen molar-refractivity contribution in [2.75, 3.05) is 0 Å². The molecule has 0 fully saturated rings. The van der Waals surface area contributed by atoms with Crippen molar-refractivity contribution in [3.05, 3.63) is 50.5 Å². The summed E-state index contributed by atoms with van der Waals surface area (Å²) in [4.78, 5) is 3.65. The highest BCUT2D eigenvalue weighted by atomic mass is 35.5. The molecule has 156 valence electrons. The SMILES string of the molecule is N#C/C(N)=C(C#N)/N=C/c1nn(-c2c(Cl)cc(C(F)(F)F)cc2Cl)nc1C(F)(F)F. The predicted octanol–water partition coefficient (Wildman–Crippen LogP) is 4.25. The van der Waals surface area contributed by atoms with Crippen LogP contribution in [0.5, 0.6) is 0 Å². The number of hydrogen-bond acceptors (Lipinski definition) is 6. The molecule has 0 aliphatic heterocycles. The molecule has 15 heteroatoms. The average molecular weight is 468 g/mol. The van der Waals surface area contributed by atoms with Crippen LogP contribution in [-0.2, 0) is 12.4 Å². The minimum absolute atomic E-state index is 0.276. The highest BCUT2D eigenvalue weighted by molar-refractivity contribution is 6.37. The van der Waals surface area contributed by atoms with Crippen molar-refractivity contribution >= 4 is 29.4 Å². The van der Waals surface area contributed by atoms with Crippen LogP contribution in [-0.4, -0.2) is 21.2 Å². The number of hydrogen-bond donors (Lipinski definition) is 1. The summed E-state index contributed by atoms with van der Waals surface area (Å²) in [6.45, 7) is 0. The van der Waals surface area contributed by atoms with Crippen LogP contribution in [0, 0.1) is 22.7 Å². The molecule has 0 aliphatic rings. The minimum atomic E-state index is -5.07. The van der Waals surface area contributed by atoms with Crippen molar-refractivity contribution in [1.82, 2.24) is 15.0 Å². The summed E-state index contributed by atoms with van der Waals surface area (Å²) in [6, 6.07) is 3.68. The van der Waals surface area contributed by atoms with Gasteiger partial charge in [-0.1, -0.05) is 23.2 Å². The molecule has 0 spiro atoms. The first-order chi connectivity index (χ1) is 13.8. The maximum absolute atomic E-state index is 13.3. The van der Waals surface area contributed by atoms with Crippen molar-refractivity contribution in [2.45, 2.75) is 12.4 Å². The molecule has 0 bridgehead atoms. The molecule has 0 amide bonds. The maximum Gasteiger partial charge on any atom is 0.437 e. The van der Waals surface area contributed by atoms with Gasteiger partial charge >= 0.3 is 12.4 Å². The predicted molar refractivity (Wildman–Crippen MR) is 91.4 cm³/mol. The molecule has 7 nitrogen and oxygen atoms in total. The van der Waals surface area contributed by atoms with Crippen LogP contribution in [0.2, 0.25) is 10.0 Å². The highest BCUT2D eigenvalue weighted by Gasteiger charge is 2.39. The van der Waals surface area contributed by atoms with Gasteiger partial charge in [0.1, 0.15) is 29.2 Å². The van der Waals surface area contributed by atoms with E-state index in [0.717, 1.165) is 0 Å². The fourth-order valence-corrected chi connectivity index (χ4v) is 2.60. The van der Waals surface area contributed by atoms with E-state index in [2.05, 4.69) is 15.2 Å². The summed E-state index contributed by atoms with van der Waals surface area (Å²) >= 11 is 11.5. The first kappa shape index (κ1) is 23.0. The zero-order valence-electron chi connectivity index (χ0n) is 14.0. The molecule has 30 heavy (non-hydrogen) atoms. The molecule has 1 heterocycles. The number of aliphatic imine (C=N–C) groups is 1. The van der Waals surface area contributed by atoms with Gasteiger partial charge in [0.25, 0.3) is 0 Å². The molecule has 0 unspecified atom stereocenters. The first-order valence-corrected chi connectivity index (χ1v) is 8.00. The van der Waals surface area contributed by atoms with E-state index < -0.39 is 56.4 Å². The van der Waals surface area contributed by atoms with Crippen molar-refractivity contribution in [1.29, 1.82) is 10.5 Å². The molecule has 1 aromatic carbocycles. The topological polar surface area (TPSA) is 117 Å². The molecule has 0 saturated carbocycles. The molecule has 0 saturated heterocycles. The van der Waals surface area contributed by atoms with E-state index in [1.54, 1.807) is 0 Å². The fraction of sp³-hybridized carbons (Fsp3) is 0.133. The van der Waals surface area contributed by atoms with Crippen molar-refractivity contribution in [3.8, 4) is 17.8 Å². The van der Waals surface area contributed by atoms with E-state index in [0.29, 0.717) is 18.3 Å². The van der Waals surface area contributed by atoms with Gasteiger partial charge in [-0.05, 0) is 12.1 Å². The van der Waals surface area contributed by atoms with Gasteiger partial charge in [0.2, 0.25) is 0 Å². The molecule has 0 aliphatic carbocycles. The third-order valence-corrected chi connectivity index (χ3v) is 3.83. The van der Waals surface area contributed by atoms with E-state index in [-0.39, 0.29) is 4.80 Å². The second kappa shape index (κ2) is 8.22. The number of alkyl halides is 6. The van der Waals surface area contributed by atoms with Gasteiger partial charge in [0.15, 0.2) is 11.4 Å². The maximum atomic E-state index is 13.3. The lowest BCUT2D eigenvalue weighted by atomic mass is 10.2. The van der Waals surface area contributed by atoms with Crippen LogP contribution in [0.1, 0.15) is 17.0 Å². The number of aromatic nitrogens is 3. The number of rotatable bonds is 3. The molecule has 2 N–H and O–H groups in total. The Morgan fingerprint density at radius 3 is 2.03 bits per heavy atom. The van der Waals surface area contributed by atoms with Crippen LogP contribution in [0.4, 0.5) is 26.3 Å². The Morgan fingerprint density at radius 2 is 1.60 bits per heavy atom. The van der Waals surface area contributed by atoms with Crippen molar-refractivity contribution in [3.63, 3.8) is 0 Å². The smallest absolute Gasteiger partial charge is 0.388 e. The van der Waals surface area contributed by atoms with Gasteiger partial charge in [-0.2, -0.15) is 36.9 Å². The van der Waals surface area contributed by atoms with E-state index in [4.69, 9.17) is 39.5 Å². The quantitative estimate of drug-likeness (QED) is 0.411. The van der Waals surface area contributed by atoms with Gasteiger partial charge in [-0.25, -0.2) is 4.99 Å². The van der Waals surface area contributed by atoms with Gasteiger partial charge in [0, 0.05) is 0 Å². The van der Waals surface area contributed by atoms with Crippen LogP contribution in [0.25, 0.3) is 5.69 Å². The Morgan fingerprint density at radius 1 is 1.03 bits per heavy atom. The molecular weight excluding hydrogens is 463 g/mol. The second-order valence-electron chi connectivity index (χ2n) is 5.25. The Kier molecular flexibility index (Phi) is 6.30. The van der Waals surface area contributed by atoms with Crippen LogP contribution in [0.3, 0.4) is 0 Å². The zero-order chi connectivity index (χ0) is 22.9. The van der Waals surface area contributed by atoms with Crippen LogP contribution in [0.15, 0.2) is 28.5 Å². The molecule has 2 rings (SSSR count). The molecular formula is C15H5Cl2F6N7. The van der Waals surface area contributed by atoms with Gasteiger partial charge < -0.3 is 5.73 Å². The van der Waals surface area contributed by atoms with E-state index >= 15 is 0 Å². The van der Waals surface area contributed by atoms with Gasteiger partial charge in [0.05, 0.1) is 21.8 Å². The monoisotopic (exact) mass is 467 g/mol. The summed E-state index contributed by atoms with van der Waals surface area (Å²) in [5.74, 6) is 0. The van der Waals surface area contributed by atoms with Gasteiger partial charge in [-0.15, -0.1) is 15.0 Å². The molecule has 0 atom stereocenters. The summed E-state index contributed by atoms with van der Waals surface area (Å²) in [5.41, 5.74) is -0.488. The number of nitrogens with two attached hydrogens (primary N) is 1. The Hall–Kier alpha value is -3.29. The number of nitriles is 2. The lowest BCUT2D eigenvalue weighted by Crippen LogP contribution is -2.10.